The van der Waals surface area contributed by atoms with Gasteiger partial charge in [-0.25, -0.2) is 0 Å². The molecule has 2 rings (SSSR count). The lowest BCUT2D eigenvalue weighted by molar-refractivity contribution is -0.134. The maximum atomic E-state index is 13.1. The topological polar surface area (TPSA) is 77.4 Å². The third kappa shape index (κ3) is 5.81. The lowest BCUT2D eigenvalue weighted by atomic mass is 10.0. The first kappa shape index (κ1) is 23.4. The number of hydrogen-bond donors (Lipinski definition) is 1. The number of carbonyl (C=O) groups excluding carboxylic acids is 2. The minimum atomic E-state index is -0.429. The minimum Gasteiger partial charge on any atom is -0.427 e. The summed E-state index contributed by atoms with van der Waals surface area (Å²) < 4.78 is 6.93. The molecule has 1 amide bonds. The van der Waals surface area contributed by atoms with Crippen molar-refractivity contribution in [3.63, 3.8) is 0 Å². The minimum absolute atomic E-state index is 0.157. The number of pyridine rings is 1. The van der Waals surface area contributed by atoms with Crippen molar-refractivity contribution >= 4 is 17.6 Å². The van der Waals surface area contributed by atoms with Crippen LogP contribution in [0.3, 0.4) is 0 Å². The third-order valence-corrected chi connectivity index (χ3v) is 4.97. The van der Waals surface area contributed by atoms with Crippen molar-refractivity contribution in [3.8, 4) is 5.75 Å². The Morgan fingerprint density at radius 2 is 1.73 bits per heavy atom. The molecule has 162 valence electrons. The second-order valence-electron chi connectivity index (χ2n) is 7.25. The number of rotatable bonds is 10. The van der Waals surface area contributed by atoms with Gasteiger partial charge in [-0.3, -0.25) is 14.4 Å². The molecular weight excluding hydrogens is 380 g/mol. The predicted molar refractivity (Wildman–Crippen MR) is 119 cm³/mol. The lowest BCUT2D eigenvalue weighted by Gasteiger charge is -2.18. The maximum Gasteiger partial charge on any atom is 0.310 e. The molecule has 0 bridgehead atoms. The van der Waals surface area contributed by atoms with Crippen LogP contribution in [0.15, 0.2) is 35.1 Å². The number of aryl methyl sites for hydroxylation is 1. The van der Waals surface area contributed by atoms with Crippen molar-refractivity contribution in [2.45, 2.75) is 72.8 Å². The third-order valence-electron chi connectivity index (χ3n) is 4.97. The summed E-state index contributed by atoms with van der Waals surface area (Å²) in [5.74, 6) is -0.334. The quantitative estimate of drug-likeness (QED) is 0.452. The molecule has 0 fully saturated rings. The summed E-state index contributed by atoms with van der Waals surface area (Å²) in [6.45, 7) is 8.57. The summed E-state index contributed by atoms with van der Waals surface area (Å²) in [6.07, 6.45) is 4.69. The van der Waals surface area contributed by atoms with Gasteiger partial charge in [0.1, 0.15) is 11.3 Å². The Balaban J connectivity index is 2.32. The highest BCUT2D eigenvalue weighted by molar-refractivity contribution is 6.04. The molecule has 1 heterocycles. The van der Waals surface area contributed by atoms with Gasteiger partial charge in [0.2, 0.25) is 0 Å². The van der Waals surface area contributed by atoms with Gasteiger partial charge in [-0.05, 0) is 55.2 Å². The Morgan fingerprint density at radius 1 is 1.03 bits per heavy atom. The monoisotopic (exact) mass is 412 g/mol. The van der Waals surface area contributed by atoms with E-state index >= 15 is 0 Å². The largest absolute Gasteiger partial charge is 0.427 e. The molecule has 1 N–H and O–H groups in total. The number of esters is 1. The fraction of sp³-hybridized carbons (Fsp3) is 0.458. The number of ether oxygens (including phenoxy) is 1. The number of carbonyl (C=O) groups is 2. The van der Waals surface area contributed by atoms with Gasteiger partial charge >= 0.3 is 5.97 Å². The van der Waals surface area contributed by atoms with E-state index in [1.165, 1.54) is 0 Å². The number of hydrogen-bond acceptors (Lipinski definition) is 4. The Hall–Kier alpha value is -2.89. The average Bonchev–Trinajstić information content (AvgIpc) is 2.75. The number of anilines is 1. The lowest BCUT2D eigenvalue weighted by Crippen LogP contribution is -2.32. The molecule has 0 atom stereocenters. The molecule has 0 unspecified atom stereocenters. The Kier molecular flexibility index (Phi) is 8.84. The van der Waals surface area contributed by atoms with Crippen LogP contribution < -0.4 is 15.6 Å². The first-order valence-corrected chi connectivity index (χ1v) is 10.8. The van der Waals surface area contributed by atoms with E-state index in [2.05, 4.69) is 19.2 Å². The van der Waals surface area contributed by atoms with Crippen molar-refractivity contribution in [2.24, 2.45) is 0 Å². The van der Waals surface area contributed by atoms with Crippen molar-refractivity contribution in [1.29, 1.82) is 0 Å². The van der Waals surface area contributed by atoms with E-state index in [-0.39, 0.29) is 23.5 Å². The molecule has 0 spiro atoms. The Bertz CT molecular complexity index is 929. The number of nitrogens with zero attached hydrogens (tertiary/aromatic N) is 1. The summed E-state index contributed by atoms with van der Waals surface area (Å²) >= 11 is 0. The van der Waals surface area contributed by atoms with E-state index < -0.39 is 5.91 Å². The van der Waals surface area contributed by atoms with Gasteiger partial charge in [0, 0.05) is 24.3 Å². The zero-order valence-corrected chi connectivity index (χ0v) is 18.4. The Labute approximate surface area is 178 Å². The molecule has 0 saturated carbocycles. The second kappa shape index (κ2) is 11.3. The number of unbranched alkanes of at least 4 members (excludes halogenated alkanes) is 1. The number of aromatic nitrogens is 1. The van der Waals surface area contributed by atoms with Gasteiger partial charge in [-0.15, -0.1) is 0 Å². The first-order chi connectivity index (χ1) is 14.4. The number of nitrogens with one attached hydrogen (secondary N) is 1. The Morgan fingerprint density at radius 3 is 2.30 bits per heavy atom. The molecule has 0 aliphatic heterocycles. The van der Waals surface area contributed by atoms with Crippen LogP contribution in [-0.4, -0.2) is 16.4 Å². The fourth-order valence-electron chi connectivity index (χ4n) is 3.32. The van der Waals surface area contributed by atoms with Gasteiger partial charge in [0.05, 0.1) is 0 Å². The molecule has 1 aromatic heterocycles. The molecule has 1 aromatic carbocycles. The van der Waals surface area contributed by atoms with Gasteiger partial charge in [0.15, 0.2) is 0 Å². The highest BCUT2D eigenvalue weighted by Crippen LogP contribution is 2.18. The van der Waals surface area contributed by atoms with E-state index in [0.29, 0.717) is 18.0 Å². The highest BCUT2D eigenvalue weighted by Gasteiger charge is 2.18. The van der Waals surface area contributed by atoms with Crippen LogP contribution >= 0.6 is 0 Å². The summed E-state index contributed by atoms with van der Waals surface area (Å²) in [5.41, 5.74) is 2.53. The normalized spacial score (nSPS) is 10.7. The summed E-state index contributed by atoms with van der Waals surface area (Å²) in [4.78, 5) is 37.4. The van der Waals surface area contributed by atoms with E-state index in [4.69, 9.17) is 4.74 Å². The van der Waals surface area contributed by atoms with Crippen LogP contribution in [0, 0.1) is 0 Å². The van der Waals surface area contributed by atoms with Crippen molar-refractivity contribution in [1.82, 2.24) is 4.57 Å². The van der Waals surface area contributed by atoms with Crippen molar-refractivity contribution in [3.05, 3.63) is 57.5 Å². The highest BCUT2D eigenvalue weighted by atomic mass is 16.5. The fourth-order valence-corrected chi connectivity index (χ4v) is 3.32. The summed E-state index contributed by atoms with van der Waals surface area (Å²) in [5, 5.41) is 2.79. The summed E-state index contributed by atoms with van der Waals surface area (Å²) in [7, 11) is 0. The SMILES string of the molecule is CCCCn1c(CCC)c(CC)cc(C(=O)Nc2ccc(OC(=O)CC)cc2)c1=O. The zero-order valence-electron chi connectivity index (χ0n) is 18.4. The van der Waals surface area contributed by atoms with E-state index in [1.807, 2.05) is 6.92 Å². The number of amides is 1. The van der Waals surface area contributed by atoms with Crippen LogP contribution in [0.1, 0.15) is 75.0 Å². The standard InChI is InChI=1S/C24H32N2O4/c1-5-9-15-26-21(10-6-2)17(7-3)16-20(24(26)29)23(28)25-18-11-13-19(14-12-18)30-22(27)8-4/h11-14,16H,5-10,15H2,1-4H3,(H,25,28). The smallest absolute Gasteiger partial charge is 0.310 e. The molecule has 6 heteroatoms. The van der Waals surface area contributed by atoms with Gasteiger partial charge in [0.25, 0.3) is 11.5 Å². The molecule has 6 nitrogen and oxygen atoms in total. The molecule has 0 saturated heterocycles. The molecule has 0 radical (unpaired) electrons. The molecule has 2 aromatic rings. The molecule has 30 heavy (non-hydrogen) atoms. The van der Waals surface area contributed by atoms with Crippen LogP contribution in [0.5, 0.6) is 5.75 Å². The summed E-state index contributed by atoms with van der Waals surface area (Å²) in [6, 6.07) is 8.27. The van der Waals surface area contributed by atoms with Gasteiger partial charge in [-0.1, -0.05) is 40.5 Å². The maximum absolute atomic E-state index is 13.1. The van der Waals surface area contributed by atoms with Gasteiger partial charge < -0.3 is 14.6 Å². The van der Waals surface area contributed by atoms with Crippen LogP contribution in [0.25, 0.3) is 0 Å². The van der Waals surface area contributed by atoms with Crippen LogP contribution in [0.2, 0.25) is 0 Å². The number of benzene rings is 1. The average molecular weight is 413 g/mol. The molecular formula is C24H32N2O4. The van der Waals surface area contributed by atoms with Gasteiger partial charge in [-0.2, -0.15) is 0 Å². The zero-order chi connectivity index (χ0) is 22.1. The van der Waals surface area contributed by atoms with E-state index in [1.54, 1.807) is 41.8 Å². The van der Waals surface area contributed by atoms with Crippen molar-refractivity contribution in [2.75, 3.05) is 5.32 Å². The molecule has 0 aliphatic carbocycles. The van der Waals surface area contributed by atoms with Crippen molar-refractivity contribution < 1.29 is 14.3 Å². The van der Waals surface area contributed by atoms with Crippen LogP contribution in [0.4, 0.5) is 5.69 Å². The first-order valence-electron chi connectivity index (χ1n) is 10.8. The molecule has 0 aliphatic rings. The van der Waals surface area contributed by atoms with E-state index in [9.17, 15) is 14.4 Å². The predicted octanol–water partition coefficient (Wildman–Crippen LogP) is 4.73. The van der Waals surface area contributed by atoms with Crippen LogP contribution in [-0.2, 0) is 24.2 Å². The van der Waals surface area contributed by atoms with E-state index in [0.717, 1.165) is 43.4 Å². The second-order valence-corrected chi connectivity index (χ2v) is 7.25.